The van der Waals surface area contributed by atoms with Gasteiger partial charge in [0.05, 0.1) is 25.3 Å². The predicted molar refractivity (Wildman–Crippen MR) is 114 cm³/mol. The van der Waals surface area contributed by atoms with E-state index in [1.165, 1.54) is 4.90 Å². The molecule has 1 atom stereocenters. The molecule has 0 saturated carbocycles. The Hall–Kier alpha value is -3.00. The van der Waals surface area contributed by atoms with E-state index in [-0.39, 0.29) is 24.3 Å². The van der Waals surface area contributed by atoms with Crippen molar-refractivity contribution in [3.8, 4) is 5.75 Å². The largest absolute Gasteiger partial charge is 0.497 e. The van der Waals surface area contributed by atoms with E-state index in [0.29, 0.717) is 11.4 Å². The third-order valence-corrected chi connectivity index (χ3v) is 5.64. The van der Waals surface area contributed by atoms with Gasteiger partial charge in [-0.3, -0.25) is 9.59 Å². The summed E-state index contributed by atoms with van der Waals surface area (Å²) in [4.78, 5) is 38.0. The first-order valence-electron chi connectivity index (χ1n) is 10.3. The lowest BCUT2D eigenvalue weighted by Crippen LogP contribution is -2.49. The number of anilines is 2. The molecule has 0 aliphatic carbocycles. The van der Waals surface area contributed by atoms with Crippen molar-refractivity contribution in [3.05, 3.63) is 41.7 Å². The smallest absolute Gasteiger partial charge is 0.251 e. The van der Waals surface area contributed by atoms with E-state index in [1.54, 1.807) is 31.4 Å². The maximum absolute atomic E-state index is 12.9. The van der Waals surface area contributed by atoms with Crippen LogP contribution in [0.2, 0.25) is 0 Å². The number of hydrogen-bond acceptors (Lipinski definition) is 7. The summed E-state index contributed by atoms with van der Waals surface area (Å²) in [6.07, 6.45) is 1.91. The van der Waals surface area contributed by atoms with Crippen LogP contribution in [-0.2, 0) is 9.59 Å². The van der Waals surface area contributed by atoms with Gasteiger partial charge in [0, 0.05) is 36.6 Å². The van der Waals surface area contributed by atoms with Crippen molar-refractivity contribution in [3.63, 3.8) is 0 Å². The number of benzene rings is 1. The van der Waals surface area contributed by atoms with Crippen LogP contribution in [-0.4, -0.2) is 54.1 Å². The van der Waals surface area contributed by atoms with E-state index < -0.39 is 6.04 Å². The minimum Gasteiger partial charge on any atom is -0.497 e. The van der Waals surface area contributed by atoms with E-state index in [0.717, 1.165) is 43.3 Å². The Morgan fingerprint density at radius 3 is 2.43 bits per heavy atom. The van der Waals surface area contributed by atoms with Crippen LogP contribution in [0.4, 0.5) is 11.6 Å². The highest BCUT2D eigenvalue weighted by atomic mass is 16.5. The Balaban J connectivity index is 1.37. The number of nitrogens with zero attached hydrogens (tertiary/aromatic N) is 4. The average molecular weight is 409 g/mol. The summed E-state index contributed by atoms with van der Waals surface area (Å²) >= 11 is 0. The number of aryl methyl sites for hydroxylation is 2. The van der Waals surface area contributed by atoms with Crippen LogP contribution >= 0.6 is 0 Å². The van der Waals surface area contributed by atoms with Gasteiger partial charge in [0.25, 0.3) is 5.91 Å². The highest BCUT2D eigenvalue weighted by Crippen LogP contribution is 2.27. The number of ether oxygens (including phenoxy) is 1. The number of piperidine rings is 1. The molecule has 1 aromatic heterocycles. The van der Waals surface area contributed by atoms with E-state index in [9.17, 15) is 9.59 Å². The first-order chi connectivity index (χ1) is 14.4. The highest BCUT2D eigenvalue weighted by molar-refractivity contribution is 6.22. The molecule has 0 radical (unpaired) electrons. The van der Waals surface area contributed by atoms with Crippen molar-refractivity contribution < 1.29 is 14.3 Å². The molecule has 1 aromatic carbocycles. The van der Waals surface area contributed by atoms with Crippen molar-refractivity contribution >= 4 is 23.5 Å². The Labute approximate surface area is 176 Å². The van der Waals surface area contributed by atoms with Crippen LogP contribution in [0.5, 0.6) is 5.75 Å². The number of amides is 2. The standard InChI is InChI=1S/C22H27N5O3/c1-14-11-15(2)24-22(23-14)26-9-7-16(8-10-26)25-19-13-20(28)27(21(19)29)17-5-4-6-18(12-17)30-3/h4-6,11-12,16,19,25H,7-10,13H2,1-3H3/t19-/m1/s1. The lowest BCUT2D eigenvalue weighted by atomic mass is 10.0. The maximum atomic E-state index is 12.9. The Morgan fingerprint density at radius 2 is 1.77 bits per heavy atom. The van der Waals surface area contributed by atoms with Crippen molar-refractivity contribution in [1.82, 2.24) is 15.3 Å². The van der Waals surface area contributed by atoms with Crippen LogP contribution in [0.3, 0.4) is 0 Å². The Bertz CT molecular complexity index is 935. The predicted octanol–water partition coefficient (Wildman–Crippen LogP) is 1.99. The quantitative estimate of drug-likeness (QED) is 0.756. The van der Waals surface area contributed by atoms with Crippen molar-refractivity contribution in [2.45, 2.75) is 45.2 Å². The third kappa shape index (κ3) is 4.14. The second-order valence-corrected chi connectivity index (χ2v) is 7.90. The van der Waals surface area contributed by atoms with E-state index >= 15 is 0 Å². The first-order valence-corrected chi connectivity index (χ1v) is 10.3. The Morgan fingerprint density at radius 1 is 1.07 bits per heavy atom. The van der Waals surface area contributed by atoms with Gasteiger partial charge in [-0.25, -0.2) is 14.9 Å². The van der Waals surface area contributed by atoms with Crippen LogP contribution in [0.25, 0.3) is 0 Å². The van der Waals surface area contributed by atoms with Crippen LogP contribution in [0, 0.1) is 13.8 Å². The summed E-state index contributed by atoms with van der Waals surface area (Å²) in [6, 6.07) is 8.69. The summed E-state index contributed by atoms with van der Waals surface area (Å²) < 4.78 is 5.21. The minimum atomic E-state index is -0.488. The molecule has 2 aliphatic heterocycles. The normalized spacial score (nSPS) is 20.2. The Kier molecular flexibility index (Phi) is 5.67. The fourth-order valence-electron chi connectivity index (χ4n) is 4.16. The zero-order valence-electron chi connectivity index (χ0n) is 17.6. The molecule has 0 spiro atoms. The molecule has 0 unspecified atom stereocenters. The molecule has 3 heterocycles. The summed E-state index contributed by atoms with van der Waals surface area (Å²) in [5, 5.41) is 3.41. The molecule has 2 fully saturated rings. The zero-order valence-corrected chi connectivity index (χ0v) is 17.6. The summed E-state index contributed by atoms with van der Waals surface area (Å²) in [5.41, 5.74) is 2.48. The second kappa shape index (κ2) is 8.39. The molecule has 4 rings (SSSR count). The van der Waals surface area contributed by atoms with Gasteiger partial charge in [0.2, 0.25) is 11.9 Å². The average Bonchev–Trinajstić information content (AvgIpc) is 3.01. The molecule has 30 heavy (non-hydrogen) atoms. The lowest BCUT2D eigenvalue weighted by molar-refractivity contribution is -0.121. The van der Waals surface area contributed by atoms with Crippen LogP contribution in [0.1, 0.15) is 30.7 Å². The topological polar surface area (TPSA) is 87.7 Å². The van der Waals surface area contributed by atoms with Gasteiger partial charge in [0.1, 0.15) is 5.75 Å². The van der Waals surface area contributed by atoms with Crippen molar-refractivity contribution in [2.24, 2.45) is 0 Å². The van der Waals surface area contributed by atoms with Gasteiger partial charge in [-0.15, -0.1) is 0 Å². The van der Waals surface area contributed by atoms with Gasteiger partial charge in [0.15, 0.2) is 0 Å². The SMILES string of the molecule is COc1cccc(N2C(=O)C[C@@H](NC3CCN(c4nc(C)cc(C)n4)CC3)C2=O)c1. The number of imide groups is 1. The van der Waals surface area contributed by atoms with E-state index in [4.69, 9.17) is 4.74 Å². The summed E-state index contributed by atoms with van der Waals surface area (Å²) in [5.74, 6) is 0.993. The fraction of sp³-hybridized carbons (Fsp3) is 0.455. The zero-order chi connectivity index (χ0) is 21.3. The highest BCUT2D eigenvalue weighted by Gasteiger charge is 2.40. The molecule has 8 heteroatoms. The van der Waals surface area contributed by atoms with Gasteiger partial charge >= 0.3 is 0 Å². The van der Waals surface area contributed by atoms with Gasteiger partial charge in [-0.05, 0) is 44.9 Å². The molecule has 0 bridgehead atoms. The first kappa shape index (κ1) is 20.3. The van der Waals surface area contributed by atoms with Crippen molar-refractivity contribution in [2.75, 3.05) is 30.0 Å². The molecule has 2 aliphatic rings. The number of nitrogens with one attached hydrogen (secondary N) is 1. The molecule has 8 nitrogen and oxygen atoms in total. The number of carbonyl (C=O) groups is 2. The van der Waals surface area contributed by atoms with Crippen LogP contribution in [0.15, 0.2) is 30.3 Å². The fourth-order valence-corrected chi connectivity index (χ4v) is 4.16. The number of aromatic nitrogens is 2. The van der Waals surface area contributed by atoms with Crippen molar-refractivity contribution in [1.29, 1.82) is 0 Å². The summed E-state index contributed by atoms with van der Waals surface area (Å²) in [6.45, 7) is 5.58. The molecule has 2 amide bonds. The molecule has 158 valence electrons. The lowest BCUT2D eigenvalue weighted by Gasteiger charge is -2.33. The van der Waals surface area contributed by atoms with E-state index in [1.807, 2.05) is 19.9 Å². The monoisotopic (exact) mass is 409 g/mol. The molecule has 2 aromatic rings. The number of rotatable bonds is 5. The number of hydrogen-bond donors (Lipinski definition) is 1. The minimum absolute atomic E-state index is 0.177. The van der Waals surface area contributed by atoms with Gasteiger partial charge < -0.3 is 15.0 Å². The summed E-state index contributed by atoms with van der Waals surface area (Å²) in [7, 11) is 1.56. The number of methoxy groups -OCH3 is 1. The molecular weight excluding hydrogens is 382 g/mol. The third-order valence-electron chi connectivity index (χ3n) is 5.64. The second-order valence-electron chi connectivity index (χ2n) is 7.90. The maximum Gasteiger partial charge on any atom is 0.251 e. The molecule has 1 N–H and O–H groups in total. The van der Waals surface area contributed by atoms with Crippen LogP contribution < -0.4 is 19.9 Å². The van der Waals surface area contributed by atoms with Gasteiger partial charge in [-0.1, -0.05) is 6.07 Å². The molecule has 2 saturated heterocycles. The van der Waals surface area contributed by atoms with E-state index in [2.05, 4.69) is 20.2 Å². The van der Waals surface area contributed by atoms with Gasteiger partial charge in [-0.2, -0.15) is 0 Å². The number of carbonyl (C=O) groups excluding carboxylic acids is 2. The molecular formula is C22H27N5O3.